The van der Waals surface area contributed by atoms with E-state index in [-0.39, 0.29) is 5.76 Å². The maximum absolute atomic E-state index is 11.3. The Balaban J connectivity index is 2.25. The summed E-state index contributed by atoms with van der Waals surface area (Å²) in [5, 5.41) is 0. The van der Waals surface area contributed by atoms with Gasteiger partial charge in [-0.3, -0.25) is 4.79 Å². The van der Waals surface area contributed by atoms with Gasteiger partial charge in [-0.1, -0.05) is 48.5 Å². The molecule has 0 bridgehead atoms. The van der Waals surface area contributed by atoms with Crippen molar-refractivity contribution in [3.8, 4) is 5.75 Å². The molecule has 0 radical (unpaired) electrons. The molecule has 0 aliphatic heterocycles. The molecule has 2 aromatic rings. The first kappa shape index (κ1) is 11.9. The predicted molar refractivity (Wildman–Crippen MR) is 70.7 cm³/mol. The summed E-state index contributed by atoms with van der Waals surface area (Å²) in [7, 11) is 0. The van der Waals surface area contributed by atoms with Gasteiger partial charge in [0.2, 0.25) is 0 Å². The van der Waals surface area contributed by atoms with Gasteiger partial charge in [-0.05, 0) is 23.8 Å². The normalized spacial score (nSPS) is 11.0. The highest BCUT2D eigenvalue weighted by Gasteiger charge is 2.07. The Hall–Kier alpha value is -2.55. The lowest BCUT2D eigenvalue weighted by atomic mass is 10.2. The average molecular weight is 239 g/mol. The Bertz CT molecular complexity index is 547. The van der Waals surface area contributed by atoms with Crippen LogP contribution in [0.4, 0.5) is 0 Å². The van der Waals surface area contributed by atoms with Crippen LogP contribution in [0.1, 0.15) is 5.56 Å². The van der Waals surface area contributed by atoms with Crippen molar-refractivity contribution >= 4 is 12.0 Å². The molecule has 0 spiro atoms. The molecule has 0 fully saturated rings. The van der Waals surface area contributed by atoms with E-state index >= 15 is 0 Å². The van der Waals surface area contributed by atoms with Crippen LogP contribution in [0.2, 0.25) is 0 Å². The molecule has 0 unspecified atom stereocenters. The third kappa shape index (κ3) is 3.22. The fraction of sp³-hybridized carbons (Fsp3) is 0. The number of carbonyl (C=O) groups is 1. The summed E-state index contributed by atoms with van der Waals surface area (Å²) in [4.78, 5) is 11.3. The second-order valence-electron chi connectivity index (χ2n) is 3.70. The maximum atomic E-state index is 11.3. The average Bonchev–Trinajstić information content (AvgIpc) is 2.40. The van der Waals surface area contributed by atoms with Crippen molar-refractivity contribution in [1.29, 1.82) is 0 Å². The van der Waals surface area contributed by atoms with E-state index in [0.717, 1.165) is 5.56 Å². The number of rotatable bonds is 4. The summed E-state index contributed by atoms with van der Waals surface area (Å²) in [5.74, 6) is 0.105. The number of amides is 1. The van der Waals surface area contributed by atoms with E-state index in [2.05, 4.69) is 0 Å². The Labute approximate surface area is 106 Å². The molecule has 0 aliphatic rings. The van der Waals surface area contributed by atoms with E-state index in [1.165, 1.54) is 0 Å². The van der Waals surface area contributed by atoms with Gasteiger partial charge in [0, 0.05) is 0 Å². The molecule has 3 heteroatoms. The van der Waals surface area contributed by atoms with Crippen LogP contribution in [-0.2, 0) is 4.79 Å². The Morgan fingerprint density at radius 2 is 1.50 bits per heavy atom. The van der Waals surface area contributed by atoms with Gasteiger partial charge in [-0.15, -0.1) is 0 Å². The molecule has 0 saturated heterocycles. The van der Waals surface area contributed by atoms with Crippen molar-refractivity contribution in [3.63, 3.8) is 0 Å². The van der Waals surface area contributed by atoms with Crippen LogP contribution >= 0.6 is 0 Å². The fourth-order valence-electron chi connectivity index (χ4n) is 1.47. The zero-order chi connectivity index (χ0) is 12.8. The summed E-state index contributed by atoms with van der Waals surface area (Å²) in [6.45, 7) is 0. The lowest BCUT2D eigenvalue weighted by Crippen LogP contribution is -2.18. The number of hydrogen-bond donors (Lipinski definition) is 1. The van der Waals surface area contributed by atoms with Crippen molar-refractivity contribution in [2.24, 2.45) is 5.73 Å². The third-order valence-corrected chi connectivity index (χ3v) is 2.31. The number of nitrogens with two attached hydrogens (primary N) is 1. The fourth-order valence-corrected chi connectivity index (χ4v) is 1.47. The minimum atomic E-state index is -0.595. The van der Waals surface area contributed by atoms with Crippen LogP contribution in [-0.4, -0.2) is 5.91 Å². The molecule has 0 atom stereocenters. The number of para-hydroxylation sites is 1. The molecule has 1 amide bonds. The molecule has 18 heavy (non-hydrogen) atoms. The molecule has 2 N–H and O–H groups in total. The van der Waals surface area contributed by atoms with Crippen molar-refractivity contribution in [2.45, 2.75) is 0 Å². The van der Waals surface area contributed by atoms with E-state index in [4.69, 9.17) is 10.5 Å². The number of hydrogen-bond acceptors (Lipinski definition) is 2. The van der Waals surface area contributed by atoms with Crippen molar-refractivity contribution in [1.82, 2.24) is 0 Å². The van der Waals surface area contributed by atoms with Crippen molar-refractivity contribution < 1.29 is 9.53 Å². The minimum Gasteiger partial charge on any atom is -0.452 e. The molecular formula is C15H13NO2. The first-order valence-corrected chi connectivity index (χ1v) is 5.55. The molecular weight excluding hydrogens is 226 g/mol. The SMILES string of the molecule is NC(=O)C(=Cc1ccccc1)Oc1ccccc1. The zero-order valence-corrected chi connectivity index (χ0v) is 9.74. The maximum Gasteiger partial charge on any atom is 0.284 e. The largest absolute Gasteiger partial charge is 0.452 e. The Morgan fingerprint density at radius 1 is 0.944 bits per heavy atom. The zero-order valence-electron chi connectivity index (χ0n) is 9.74. The minimum absolute atomic E-state index is 0.118. The molecule has 0 heterocycles. The van der Waals surface area contributed by atoms with Gasteiger partial charge in [-0.25, -0.2) is 0 Å². The van der Waals surface area contributed by atoms with Crippen LogP contribution in [0.3, 0.4) is 0 Å². The molecule has 0 saturated carbocycles. The lowest BCUT2D eigenvalue weighted by molar-refractivity contribution is -0.116. The second kappa shape index (κ2) is 5.68. The number of carbonyl (C=O) groups excluding carboxylic acids is 1. The standard InChI is InChI=1S/C15H13NO2/c16-15(17)14(11-12-7-3-1-4-8-12)18-13-9-5-2-6-10-13/h1-11H,(H2,16,17). The molecule has 0 aromatic heterocycles. The summed E-state index contributed by atoms with van der Waals surface area (Å²) >= 11 is 0. The highest BCUT2D eigenvalue weighted by molar-refractivity contribution is 5.94. The summed E-state index contributed by atoms with van der Waals surface area (Å²) in [6.07, 6.45) is 1.62. The quantitative estimate of drug-likeness (QED) is 0.658. The van der Waals surface area contributed by atoms with Crippen LogP contribution in [0, 0.1) is 0 Å². The second-order valence-corrected chi connectivity index (χ2v) is 3.70. The summed E-state index contributed by atoms with van der Waals surface area (Å²) < 4.78 is 5.47. The van der Waals surface area contributed by atoms with Gasteiger partial charge in [0.15, 0.2) is 5.76 Å². The number of primary amides is 1. The van der Waals surface area contributed by atoms with Gasteiger partial charge in [0.05, 0.1) is 0 Å². The molecule has 2 aromatic carbocycles. The summed E-state index contributed by atoms with van der Waals surface area (Å²) in [6, 6.07) is 18.5. The van der Waals surface area contributed by atoms with E-state index in [9.17, 15) is 4.79 Å². The lowest BCUT2D eigenvalue weighted by Gasteiger charge is -2.06. The van der Waals surface area contributed by atoms with Gasteiger partial charge < -0.3 is 10.5 Å². The molecule has 3 nitrogen and oxygen atoms in total. The molecule has 90 valence electrons. The first-order valence-electron chi connectivity index (χ1n) is 5.55. The molecule has 2 rings (SSSR count). The van der Waals surface area contributed by atoms with E-state index < -0.39 is 5.91 Å². The van der Waals surface area contributed by atoms with Crippen molar-refractivity contribution in [3.05, 3.63) is 72.0 Å². The molecule has 0 aliphatic carbocycles. The number of ether oxygens (including phenoxy) is 1. The van der Waals surface area contributed by atoms with E-state index in [0.29, 0.717) is 5.75 Å². The summed E-state index contributed by atoms with van der Waals surface area (Å²) in [5.41, 5.74) is 6.16. The van der Waals surface area contributed by atoms with Gasteiger partial charge >= 0.3 is 0 Å². The van der Waals surface area contributed by atoms with E-state index in [1.807, 2.05) is 48.5 Å². The van der Waals surface area contributed by atoms with Gasteiger partial charge in [0.25, 0.3) is 5.91 Å². The smallest absolute Gasteiger partial charge is 0.284 e. The van der Waals surface area contributed by atoms with E-state index in [1.54, 1.807) is 18.2 Å². The first-order chi connectivity index (χ1) is 8.75. The monoisotopic (exact) mass is 239 g/mol. The number of benzene rings is 2. The third-order valence-electron chi connectivity index (χ3n) is 2.31. The predicted octanol–water partition coefficient (Wildman–Crippen LogP) is 2.59. The van der Waals surface area contributed by atoms with Gasteiger partial charge in [0.1, 0.15) is 5.75 Å². The van der Waals surface area contributed by atoms with Crippen molar-refractivity contribution in [2.75, 3.05) is 0 Å². The topological polar surface area (TPSA) is 52.3 Å². The van der Waals surface area contributed by atoms with Gasteiger partial charge in [-0.2, -0.15) is 0 Å². The van der Waals surface area contributed by atoms with Crippen LogP contribution in [0.25, 0.3) is 6.08 Å². The highest BCUT2D eigenvalue weighted by Crippen LogP contribution is 2.15. The van der Waals surface area contributed by atoms with Crippen LogP contribution in [0.5, 0.6) is 5.75 Å². The Kier molecular flexibility index (Phi) is 3.76. The Morgan fingerprint density at radius 3 is 2.06 bits per heavy atom. The van der Waals surface area contributed by atoms with Crippen LogP contribution in [0.15, 0.2) is 66.4 Å². The van der Waals surface area contributed by atoms with Crippen LogP contribution < -0.4 is 10.5 Å². The highest BCUT2D eigenvalue weighted by atomic mass is 16.5.